The van der Waals surface area contributed by atoms with Crippen molar-refractivity contribution in [1.82, 2.24) is 10.6 Å². The number of hydrogen-bond donors (Lipinski definition) is 2. The summed E-state index contributed by atoms with van der Waals surface area (Å²) in [4.78, 5) is 5.61. The summed E-state index contributed by atoms with van der Waals surface area (Å²) in [5, 5.41) is 8.82. The number of ether oxygens (including phenoxy) is 1. The normalized spacial score (nSPS) is 11.4. The molecule has 0 amide bonds. The van der Waals surface area contributed by atoms with E-state index in [9.17, 15) is 0 Å². The lowest BCUT2D eigenvalue weighted by Crippen LogP contribution is -2.36. The van der Waals surface area contributed by atoms with Crippen molar-refractivity contribution in [3.05, 3.63) is 51.2 Å². The van der Waals surface area contributed by atoms with Gasteiger partial charge in [-0.25, -0.2) is 0 Å². The Bertz CT molecular complexity index is 664. The quantitative estimate of drug-likeness (QED) is 0.628. The van der Waals surface area contributed by atoms with E-state index in [4.69, 9.17) is 4.74 Å². The smallest absolute Gasteiger partial charge is 0.191 e. The van der Waals surface area contributed by atoms with E-state index < -0.39 is 0 Å². The molecule has 5 heteroatoms. The van der Waals surface area contributed by atoms with Crippen LogP contribution >= 0.6 is 11.3 Å². The minimum Gasteiger partial charge on any atom is -0.494 e. The van der Waals surface area contributed by atoms with Gasteiger partial charge in [-0.1, -0.05) is 12.1 Å². The highest BCUT2D eigenvalue weighted by Gasteiger charge is 2.04. The molecule has 0 saturated heterocycles. The van der Waals surface area contributed by atoms with E-state index in [-0.39, 0.29) is 0 Å². The Morgan fingerprint density at radius 2 is 1.91 bits per heavy atom. The van der Waals surface area contributed by atoms with Gasteiger partial charge in [0.25, 0.3) is 0 Å². The molecule has 0 spiro atoms. The van der Waals surface area contributed by atoms with Crippen LogP contribution in [0.25, 0.3) is 0 Å². The molecule has 0 saturated carbocycles. The van der Waals surface area contributed by atoms with Gasteiger partial charge in [0.05, 0.1) is 13.2 Å². The van der Waals surface area contributed by atoms with Gasteiger partial charge in [-0.15, -0.1) is 11.3 Å². The first-order valence-electron chi connectivity index (χ1n) is 7.83. The molecule has 0 aliphatic rings. The summed E-state index contributed by atoms with van der Waals surface area (Å²) in [5.41, 5.74) is 3.68. The number of hydrogen-bond acceptors (Lipinski definition) is 3. The zero-order chi connectivity index (χ0) is 16.7. The fourth-order valence-electron chi connectivity index (χ4n) is 2.29. The van der Waals surface area contributed by atoms with Gasteiger partial charge < -0.3 is 15.4 Å². The minimum atomic E-state index is 0.692. The number of guanidine groups is 1. The van der Waals surface area contributed by atoms with Crippen molar-refractivity contribution in [2.24, 2.45) is 4.99 Å². The Balaban J connectivity index is 1.88. The molecule has 1 heterocycles. The summed E-state index contributed by atoms with van der Waals surface area (Å²) in [5.74, 6) is 1.76. The molecule has 1 aromatic carbocycles. The van der Waals surface area contributed by atoms with Crippen LogP contribution in [-0.4, -0.2) is 19.6 Å². The summed E-state index contributed by atoms with van der Waals surface area (Å²) in [6, 6.07) is 8.40. The van der Waals surface area contributed by atoms with E-state index >= 15 is 0 Å². The Hall–Kier alpha value is -2.01. The van der Waals surface area contributed by atoms with Crippen molar-refractivity contribution in [3.8, 4) is 5.75 Å². The van der Waals surface area contributed by atoms with E-state index in [0.29, 0.717) is 6.61 Å². The second kappa shape index (κ2) is 8.58. The summed E-state index contributed by atoms with van der Waals surface area (Å²) < 4.78 is 5.57. The SMILES string of the molecule is CCOc1ccc(CNC(=NC)NCc2sccc2C)cc1C. The zero-order valence-electron chi connectivity index (χ0n) is 14.3. The predicted octanol–water partition coefficient (Wildman–Crippen LogP) is 3.63. The van der Waals surface area contributed by atoms with Crippen LogP contribution in [0.4, 0.5) is 0 Å². The zero-order valence-corrected chi connectivity index (χ0v) is 15.1. The molecule has 0 aliphatic carbocycles. The minimum absolute atomic E-state index is 0.692. The number of aliphatic imine (C=N–C) groups is 1. The fraction of sp³-hybridized carbons (Fsp3) is 0.389. The number of nitrogens with zero attached hydrogens (tertiary/aromatic N) is 1. The Labute approximate surface area is 142 Å². The third-order valence-electron chi connectivity index (χ3n) is 3.61. The van der Waals surface area contributed by atoms with Crippen LogP contribution in [0, 0.1) is 13.8 Å². The van der Waals surface area contributed by atoms with Crippen molar-refractivity contribution in [3.63, 3.8) is 0 Å². The van der Waals surface area contributed by atoms with E-state index in [1.165, 1.54) is 16.0 Å². The highest BCUT2D eigenvalue weighted by atomic mass is 32.1. The first kappa shape index (κ1) is 17.3. The van der Waals surface area contributed by atoms with Crippen molar-refractivity contribution in [2.45, 2.75) is 33.9 Å². The van der Waals surface area contributed by atoms with Crippen LogP contribution in [0.15, 0.2) is 34.6 Å². The van der Waals surface area contributed by atoms with E-state index in [1.54, 1.807) is 18.4 Å². The van der Waals surface area contributed by atoms with Gasteiger partial charge in [-0.3, -0.25) is 4.99 Å². The van der Waals surface area contributed by atoms with Crippen LogP contribution < -0.4 is 15.4 Å². The van der Waals surface area contributed by atoms with E-state index in [1.807, 2.05) is 13.0 Å². The molecule has 124 valence electrons. The second-order valence-corrected chi connectivity index (χ2v) is 6.34. The highest BCUT2D eigenvalue weighted by Crippen LogP contribution is 2.19. The number of rotatable bonds is 6. The maximum absolute atomic E-state index is 5.57. The fourth-order valence-corrected chi connectivity index (χ4v) is 3.14. The molecule has 0 unspecified atom stereocenters. The first-order chi connectivity index (χ1) is 11.1. The van der Waals surface area contributed by atoms with Crippen molar-refractivity contribution < 1.29 is 4.74 Å². The molecule has 2 N–H and O–H groups in total. The lowest BCUT2D eigenvalue weighted by Gasteiger charge is -2.13. The van der Waals surface area contributed by atoms with E-state index in [2.05, 4.69) is 53.1 Å². The number of nitrogens with one attached hydrogen (secondary N) is 2. The molecular formula is C18H25N3OS. The van der Waals surface area contributed by atoms with Gasteiger partial charge in [0.2, 0.25) is 0 Å². The van der Waals surface area contributed by atoms with Gasteiger partial charge in [0.15, 0.2) is 5.96 Å². The molecule has 0 radical (unpaired) electrons. The standard InChI is InChI=1S/C18H25N3OS/c1-5-22-16-7-6-15(10-14(16)3)11-20-18(19-4)21-12-17-13(2)8-9-23-17/h6-10H,5,11-12H2,1-4H3,(H2,19,20,21). The summed E-state index contributed by atoms with van der Waals surface area (Å²) in [7, 11) is 1.79. The van der Waals surface area contributed by atoms with Crippen LogP contribution in [-0.2, 0) is 13.1 Å². The molecule has 4 nitrogen and oxygen atoms in total. The van der Waals surface area contributed by atoms with Gasteiger partial charge in [-0.05, 0) is 55.0 Å². The van der Waals surface area contributed by atoms with Gasteiger partial charge in [0, 0.05) is 18.5 Å². The summed E-state index contributed by atoms with van der Waals surface area (Å²) >= 11 is 1.77. The van der Waals surface area contributed by atoms with Gasteiger partial charge >= 0.3 is 0 Å². The van der Waals surface area contributed by atoms with Crippen LogP contribution in [0.2, 0.25) is 0 Å². The van der Waals surface area contributed by atoms with E-state index in [0.717, 1.165) is 30.4 Å². The maximum atomic E-state index is 5.57. The van der Waals surface area contributed by atoms with Crippen LogP contribution in [0.1, 0.15) is 28.5 Å². The van der Waals surface area contributed by atoms with Crippen molar-refractivity contribution in [1.29, 1.82) is 0 Å². The molecular weight excluding hydrogens is 306 g/mol. The third-order valence-corrected chi connectivity index (χ3v) is 4.63. The predicted molar refractivity (Wildman–Crippen MR) is 98.4 cm³/mol. The van der Waals surface area contributed by atoms with Crippen LogP contribution in [0.3, 0.4) is 0 Å². The van der Waals surface area contributed by atoms with Crippen molar-refractivity contribution in [2.75, 3.05) is 13.7 Å². The Morgan fingerprint density at radius 1 is 1.13 bits per heavy atom. The Morgan fingerprint density at radius 3 is 2.52 bits per heavy atom. The molecule has 2 rings (SSSR count). The molecule has 0 aliphatic heterocycles. The number of aryl methyl sites for hydroxylation is 2. The summed E-state index contributed by atoms with van der Waals surface area (Å²) in [6.07, 6.45) is 0. The third kappa shape index (κ3) is 4.99. The van der Waals surface area contributed by atoms with Crippen molar-refractivity contribution >= 4 is 17.3 Å². The molecule has 0 fully saturated rings. The maximum Gasteiger partial charge on any atom is 0.191 e. The monoisotopic (exact) mass is 331 g/mol. The lowest BCUT2D eigenvalue weighted by molar-refractivity contribution is 0.338. The highest BCUT2D eigenvalue weighted by molar-refractivity contribution is 7.10. The second-order valence-electron chi connectivity index (χ2n) is 5.34. The van der Waals surface area contributed by atoms with Gasteiger partial charge in [-0.2, -0.15) is 0 Å². The lowest BCUT2D eigenvalue weighted by atomic mass is 10.1. The molecule has 2 aromatic rings. The molecule has 0 atom stereocenters. The molecule has 23 heavy (non-hydrogen) atoms. The number of benzene rings is 1. The average molecular weight is 331 g/mol. The van der Waals surface area contributed by atoms with Gasteiger partial charge in [0.1, 0.15) is 5.75 Å². The average Bonchev–Trinajstić information content (AvgIpc) is 2.95. The number of thiophene rings is 1. The largest absolute Gasteiger partial charge is 0.494 e. The Kier molecular flexibility index (Phi) is 6.47. The topological polar surface area (TPSA) is 45.6 Å². The molecule has 0 bridgehead atoms. The molecule has 1 aromatic heterocycles. The summed E-state index contributed by atoms with van der Waals surface area (Å²) in [6.45, 7) is 8.42. The first-order valence-corrected chi connectivity index (χ1v) is 8.71. The van der Waals surface area contributed by atoms with Crippen LogP contribution in [0.5, 0.6) is 5.75 Å².